The van der Waals surface area contributed by atoms with E-state index < -0.39 is 0 Å². The first-order valence-electron chi connectivity index (χ1n) is 13.5. The number of aromatic amines is 1. The van der Waals surface area contributed by atoms with Crippen LogP contribution in [0.25, 0.3) is 23.1 Å². The van der Waals surface area contributed by atoms with Gasteiger partial charge in [0.2, 0.25) is 5.91 Å². The number of amides is 1. The van der Waals surface area contributed by atoms with Crippen LogP contribution in [0.3, 0.4) is 0 Å². The van der Waals surface area contributed by atoms with Crippen LogP contribution in [0, 0.1) is 18.3 Å². The Morgan fingerprint density at radius 3 is 2.67 bits per heavy atom. The summed E-state index contributed by atoms with van der Waals surface area (Å²) in [7, 11) is 0. The molecule has 2 aromatic carbocycles. The summed E-state index contributed by atoms with van der Waals surface area (Å²) in [6.45, 7) is 8.30. The number of nitrogens with zero attached hydrogens (tertiary/aromatic N) is 4. The van der Waals surface area contributed by atoms with Gasteiger partial charge in [0.1, 0.15) is 6.07 Å². The third-order valence-corrected chi connectivity index (χ3v) is 7.50. The van der Waals surface area contributed by atoms with Crippen LogP contribution in [0.5, 0.6) is 0 Å². The van der Waals surface area contributed by atoms with Crippen LogP contribution >= 0.6 is 0 Å². The van der Waals surface area contributed by atoms with E-state index in [1.165, 1.54) is 12.8 Å². The highest BCUT2D eigenvalue weighted by molar-refractivity contribution is 5.90. The normalized spacial score (nSPS) is 13.7. The van der Waals surface area contributed by atoms with Gasteiger partial charge in [-0.25, -0.2) is 0 Å². The van der Waals surface area contributed by atoms with E-state index in [9.17, 15) is 10.1 Å². The van der Waals surface area contributed by atoms with Crippen LogP contribution in [0.1, 0.15) is 47.6 Å². The molecule has 3 heterocycles. The zero-order valence-corrected chi connectivity index (χ0v) is 22.6. The molecule has 7 heteroatoms. The van der Waals surface area contributed by atoms with Crippen LogP contribution in [0.15, 0.2) is 61.1 Å². The van der Waals surface area contributed by atoms with Crippen LogP contribution in [-0.2, 0) is 11.3 Å². The van der Waals surface area contributed by atoms with E-state index in [0.29, 0.717) is 12.1 Å². The van der Waals surface area contributed by atoms with E-state index in [1.807, 2.05) is 35.4 Å². The Morgan fingerprint density at radius 2 is 1.92 bits per heavy atom. The Labute approximate surface area is 229 Å². The molecule has 1 aliphatic rings. The molecule has 0 radical (unpaired) electrons. The standard InChI is InChI=1S/C32H34N6O/c1-23-29-13-14-35-31(29)12-11-30(23)36-32-27(20-34-21-28(32)19-33)10-9-25-5-7-26(8-6-25)22-38(24(2)39)18-17-37-15-3-4-16-37/h5-14,20-21,35H,3-4,15-18,22H2,1-2H3,(H,34,36)/b10-9+. The second kappa shape index (κ2) is 12.0. The first-order valence-corrected chi connectivity index (χ1v) is 13.5. The van der Waals surface area contributed by atoms with E-state index in [0.717, 1.165) is 70.7 Å². The molecule has 4 aromatic rings. The van der Waals surface area contributed by atoms with Crippen LogP contribution in [0.4, 0.5) is 11.4 Å². The minimum atomic E-state index is 0.106. The smallest absolute Gasteiger partial charge is 0.219 e. The average molecular weight is 519 g/mol. The van der Waals surface area contributed by atoms with Gasteiger partial charge in [0.25, 0.3) is 0 Å². The summed E-state index contributed by atoms with van der Waals surface area (Å²) in [6, 6.07) is 16.7. The largest absolute Gasteiger partial charge is 0.361 e. The Bertz CT molecular complexity index is 1520. The highest BCUT2D eigenvalue weighted by Crippen LogP contribution is 2.31. The number of benzene rings is 2. The molecule has 0 saturated carbocycles. The predicted octanol–water partition coefficient (Wildman–Crippen LogP) is 6.10. The molecule has 5 rings (SSSR count). The number of nitrogens with one attached hydrogen (secondary N) is 2. The number of nitriles is 1. The van der Waals surface area contributed by atoms with Crippen molar-refractivity contribution in [2.24, 2.45) is 0 Å². The SMILES string of the molecule is CC(=O)N(CCN1CCCC1)Cc1ccc(/C=C/c2cncc(C#N)c2Nc2ccc3[nH]ccc3c2C)cc1. The van der Waals surface area contributed by atoms with Crippen LogP contribution < -0.4 is 5.32 Å². The molecule has 198 valence electrons. The molecule has 0 unspecified atom stereocenters. The van der Waals surface area contributed by atoms with Gasteiger partial charge in [-0.3, -0.25) is 9.78 Å². The Hall–Kier alpha value is -4.41. The number of aromatic nitrogens is 2. The van der Waals surface area contributed by atoms with E-state index in [4.69, 9.17) is 0 Å². The number of carbonyl (C=O) groups excluding carboxylic acids is 1. The second-order valence-corrected chi connectivity index (χ2v) is 10.1. The summed E-state index contributed by atoms with van der Waals surface area (Å²) in [5.41, 5.74) is 7.32. The zero-order valence-electron chi connectivity index (χ0n) is 22.6. The van der Waals surface area contributed by atoms with E-state index in [2.05, 4.69) is 63.5 Å². The maximum atomic E-state index is 12.2. The minimum absolute atomic E-state index is 0.106. The fourth-order valence-electron chi connectivity index (χ4n) is 5.14. The molecule has 39 heavy (non-hydrogen) atoms. The van der Waals surface area contributed by atoms with Gasteiger partial charge in [-0.2, -0.15) is 5.26 Å². The molecule has 0 spiro atoms. The van der Waals surface area contributed by atoms with Crippen LogP contribution in [-0.4, -0.2) is 51.9 Å². The summed E-state index contributed by atoms with van der Waals surface area (Å²) < 4.78 is 0. The lowest BCUT2D eigenvalue weighted by atomic mass is 10.1. The fourth-order valence-corrected chi connectivity index (χ4v) is 5.14. The van der Waals surface area contributed by atoms with Crippen molar-refractivity contribution in [3.05, 3.63) is 88.9 Å². The number of rotatable bonds is 9. The van der Waals surface area contributed by atoms with Crippen molar-refractivity contribution >= 4 is 40.3 Å². The quantitative estimate of drug-likeness (QED) is 0.279. The number of hydrogen-bond acceptors (Lipinski definition) is 5. The number of H-pyrrole nitrogens is 1. The van der Waals surface area contributed by atoms with Gasteiger partial charge in [-0.15, -0.1) is 0 Å². The first kappa shape index (κ1) is 26.2. The third kappa shape index (κ3) is 6.19. The molecule has 0 bridgehead atoms. The number of pyridine rings is 1. The highest BCUT2D eigenvalue weighted by atomic mass is 16.2. The zero-order chi connectivity index (χ0) is 27.2. The summed E-state index contributed by atoms with van der Waals surface area (Å²) in [4.78, 5) is 24.1. The fraction of sp³-hybridized carbons (Fsp3) is 0.281. The first-order chi connectivity index (χ1) is 19.0. The van der Waals surface area contributed by atoms with Crippen molar-refractivity contribution in [3.8, 4) is 6.07 Å². The van der Waals surface area contributed by atoms with Gasteiger partial charge in [0.05, 0.1) is 11.3 Å². The van der Waals surface area contributed by atoms with Gasteiger partial charge in [-0.1, -0.05) is 36.4 Å². The van der Waals surface area contributed by atoms with E-state index in [-0.39, 0.29) is 5.91 Å². The predicted molar refractivity (Wildman–Crippen MR) is 157 cm³/mol. The number of fused-ring (bicyclic) bond motifs is 1. The van der Waals surface area contributed by atoms with Crippen molar-refractivity contribution in [2.75, 3.05) is 31.5 Å². The molecular weight excluding hydrogens is 484 g/mol. The van der Waals surface area contributed by atoms with Crippen LogP contribution in [0.2, 0.25) is 0 Å². The lowest BCUT2D eigenvalue weighted by Gasteiger charge is -2.24. The van der Waals surface area contributed by atoms with Crippen molar-refractivity contribution in [1.82, 2.24) is 19.8 Å². The molecule has 1 aliphatic heterocycles. The summed E-state index contributed by atoms with van der Waals surface area (Å²) in [5.74, 6) is 0.106. The molecule has 1 amide bonds. The average Bonchev–Trinajstić information content (AvgIpc) is 3.65. The molecule has 2 aromatic heterocycles. The molecule has 1 fully saturated rings. The Kier molecular flexibility index (Phi) is 8.04. The number of anilines is 2. The maximum absolute atomic E-state index is 12.2. The molecular formula is C32H34N6O. The van der Waals surface area contributed by atoms with Crippen molar-refractivity contribution in [3.63, 3.8) is 0 Å². The summed E-state index contributed by atoms with van der Waals surface area (Å²) >= 11 is 0. The molecule has 1 saturated heterocycles. The number of carbonyl (C=O) groups is 1. The summed E-state index contributed by atoms with van der Waals surface area (Å²) in [5, 5.41) is 14.4. The van der Waals surface area contributed by atoms with Gasteiger partial charge < -0.3 is 20.1 Å². The second-order valence-electron chi connectivity index (χ2n) is 10.1. The Balaban J connectivity index is 1.30. The molecule has 2 N–H and O–H groups in total. The monoisotopic (exact) mass is 518 g/mol. The van der Waals surface area contributed by atoms with E-state index in [1.54, 1.807) is 19.3 Å². The molecule has 0 aliphatic carbocycles. The number of hydrogen-bond donors (Lipinski definition) is 2. The number of likely N-dealkylation sites (tertiary alicyclic amines) is 1. The lowest BCUT2D eigenvalue weighted by Crippen LogP contribution is -2.36. The van der Waals surface area contributed by atoms with Crippen molar-refractivity contribution < 1.29 is 4.79 Å². The maximum Gasteiger partial charge on any atom is 0.219 e. The van der Waals surface area contributed by atoms with Gasteiger partial charge in [0, 0.05) is 67.3 Å². The van der Waals surface area contributed by atoms with Gasteiger partial charge in [0.15, 0.2) is 0 Å². The third-order valence-electron chi connectivity index (χ3n) is 7.50. The van der Waals surface area contributed by atoms with E-state index >= 15 is 0 Å². The number of aryl methyl sites for hydroxylation is 1. The van der Waals surface area contributed by atoms with Gasteiger partial charge in [-0.05, 0) is 67.7 Å². The topological polar surface area (TPSA) is 88.1 Å². The van der Waals surface area contributed by atoms with Gasteiger partial charge >= 0.3 is 0 Å². The minimum Gasteiger partial charge on any atom is -0.361 e. The molecule has 0 atom stereocenters. The highest BCUT2D eigenvalue weighted by Gasteiger charge is 2.15. The Morgan fingerprint density at radius 1 is 1.13 bits per heavy atom. The molecule has 7 nitrogen and oxygen atoms in total. The van der Waals surface area contributed by atoms with Crippen molar-refractivity contribution in [1.29, 1.82) is 5.26 Å². The lowest BCUT2D eigenvalue weighted by molar-refractivity contribution is -0.129. The summed E-state index contributed by atoms with van der Waals surface area (Å²) in [6.07, 6.45) is 11.8. The van der Waals surface area contributed by atoms with Crippen molar-refractivity contribution in [2.45, 2.75) is 33.2 Å².